The zero-order valence-electron chi connectivity index (χ0n) is 10.5. The van der Waals surface area contributed by atoms with Crippen LogP contribution < -0.4 is 10.2 Å². The van der Waals surface area contributed by atoms with E-state index in [1.165, 1.54) is 0 Å². The lowest BCUT2D eigenvalue weighted by molar-refractivity contribution is -0.144. The van der Waals surface area contributed by atoms with E-state index in [1.807, 2.05) is 0 Å². The number of imidazole rings is 1. The van der Waals surface area contributed by atoms with Crippen LogP contribution in [0.1, 0.15) is 24.4 Å². The molecule has 3 rings (SSSR count). The summed E-state index contributed by atoms with van der Waals surface area (Å²) in [7, 11) is 0. The zero-order valence-corrected chi connectivity index (χ0v) is 10.5. The largest absolute Gasteiger partial charge is 0.449 e. The maximum absolute atomic E-state index is 12.6. The fourth-order valence-corrected chi connectivity index (χ4v) is 2.46. The average molecular weight is 302 g/mol. The fourth-order valence-electron chi connectivity index (χ4n) is 2.46. The molecule has 1 aromatic rings. The van der Waals surface area contributed by atoms with Crippen molar-refractivity contribution in [2.45, 2.75) is 31.5 Å². The summed E-state index contributed by atoms with van der Waals surface area (Å²) in [5.74, 6) is -3.10. The van der Waals surface area contributed by atoms with Crippen LogP contribution in [0.2, 0.25) is 0 Å². The number of hydrogen-bond donors (Lipinski definition) is 2. The predicted molar refractivity (Wildman–Crippen MR) is 61.0 cm³/mol. The Morgan fingerprint density at radius 1 is 1.24 bits per heavy atom. The van der Waals surface area contributed by atoms with Gasteiger partial charge in [0.1, 0.15) is 6.04 Å². The van der Waals surface area contributed by atoms with Gasteiger partial charge in [0.25, 0.3) is 0 Å². The number of carbonyl (C=O) groups excluding carboxylic acids is 3. The third kappa shape index (κ3) is 2.16. The van der Waals surface area contributed by atoms with Crippen molar-refractivity contribution in [2.75, 3.05) is 4.90 Å². The number of fused-ring (bicyclic) bond motifs is 1. The molecule has 0 aliphatic carbocycles. The number of imide groups is 1. The Hall–Kier alpha value is -2.39. The minimum absolute atomic E-state index is 0.0199. The zero-order chi connectivity index (χ0) is 15.4. The molecule has 2 aliphatic heterocycles. The molecule has 112 valence electrons. The van der Waals surface area contributed by atoms with Gasteiger partial charge >= 0.3 is 6.18 Å². The molecule has 0 saturated carbocycles. The summed E-state index contributed by atoms with van der Waals surface area (Å²) < 4.78 is 37.8. The van der Waals surface area contributed by atoms with E-state index < -0.39 is 35.8 Å². The molecule has 1 atom stereocenters. The van der Waals surface area contributed by atoms with Gasteiger partial charge in [-0.15, -0.1) is 0 Å². The van der Waals surface area contributed by atoms with Gasteiger partial charge in [-0.1, -0.05) is 0 Å². The highest BCUT2D eigenvalue weighted by Crippen LogP contribution is 2.35. The highest BCUT2D eigenvalue weighted by atomic mass is 19.4. The second-order valence-corrected chi connectivity index (χ2v) is 4.79. The summed E-state index contributed by atoms with van der Waals surface area (Å²) in [5.41, 5.74) is 0.0250. The van der Waals surface area contributed by atoms with Gasteiger partial charge in [0.15, 0.2) is 5.82 Å². The third-order valence-corrected chi connectivity index (χ3v) is 3.37. The minimum atomic E-state index is -4.66. The van der Waals surface area contributed by atoms with Crippen molar-refractivity contribution in [3.05, 3.63) is 11.5 Å². The quantitative estimate of drug-likeness (QED) is 0.720. The van der Waals surface area contributed by atoms with Gasteiger partial charge < -0.3 is 4.98 Å². The first-order chi connectivity index (χ1) is 9.77. The monoisotopic (exact) mass is 302 g/mol. The van der Waals surface area contributed by atoms with Gasteiger partial charge in [-0.25, -0.2) is 4.98 Å². The normalized spacial score (nSPS) is 22.5. The van der Waals surface area contributed by atoms with Crippen molar-refractivity contribution >= 4 is 23.5 Å². The number of piperidine rings is 1. The molecule has 0 aromatic carbocycles. The lowest BCUT2D eigenvalue weighted by Crippen LogP contribution is -2.53. The van der Waals surface area contributed by atoms with Crippen molar-refractivity contribution in [1.29, 1.82) is 0 Å². The van der Waals surface area contributed by atoms with Gasteiger partial charge in [-0.3, -0.25) is 24.6 Å². The van der Waals surface area contributed by atoms with Gasteiger partial charge in [-0.05, 0) is 6.42 Å². The van der Waals surface area contributed by atoms with E-state index in [0.29, 0.717) is 0 Å². The van der Waals surface area contributed by atoms with Crippen LogP contribution in [0.4, 0.5) is 19.0 Å². The Bertz CT molecular complexity index is 652. The number of hydrogen-bond acceptors (Lipinski definition) is 4. The first-order valence-electron chi connectivity index (χ1n) is 6.09. The smallest absolute Gasteiger partial charge is 0.336 e. The molecule has 3 heterocycles. The van der Waals surface area contributed by atoms with E-state index in [-0.39, 0.29) is 30.8 Å². The summed E-state index contributed by atoms with van der Waals surface area (Å²) in [5, 5.41) is 2.06. The molecule has 0 bridgehead atoms. The molecule has 3 amide bonds. The number of nitrogens with zero attached hydrogens (tertiary/aromatic N) is 2. The van der Waals surface area contributed by atoms with E-state index in [0.717, 1.165) is 4.90 Å². The number of aromatic nitrogens is 2. The Morgan fingerprint density at radius 2 is 1.95 bits per heavy atom. The van der Waals surface area contributed by atoms with Crippen molar-refractivity contribution in [1.82, 2.24) is 15.3 Å². The van der Waals surface area contributed by atoms with Crippen molar-refractivity contribution in [3.8, 4) is 0 Å². The molecular formula is C11H9F3N4O3. The molecule has 10 heteroatoms. The minimum Gasteiger partial charge on any atom is -0.336 e. The van der Waals surface area contributed by atoms with Crippen LogP contribution in [0.5, 0.6) is 0 Å². The summed E-state index contributed by atoms with van der Waals surface area (Å²) in [4.78, 5) is 41.1. The molecule has 0 spiro atoms. The molecule has 1 unspecified atom stereocenters. The van der Waals surface area contributed by atoms with E-state index in [2.05, 4.69) is 15.3 Å². The van der Waals surface area contributed by atoms with E-state index in [1.54, 1.807) is 0 Å². The van der Waals surface area contributed by atoms with E-state index in [9.17, 15) is 27.6 Å². The fraction of sp³-hybridized carbons (Fsp3) is 0.455. The standard InChI is InChI=1S/C11H9F3N4O3/c12-11(13,14)10-15-4-3-7(20)18(8(4)17-10)5-1-2-6(19)16-9(5)21/h5H,1-3H2,(H,15,17)(H,16,19,21). The highest BCUT2D eigenvalue weighted by molar-refractivity contribution is 6.09. The summed E-state index contributed by atoms with van der Waals surface area (Å²) in [6.45, 7) is 0. The summed E-state index contributed by atoms with van der Waals surface area (Å²) in [6.07, 6.45) is -4.86. The SMILES string of the molecule is O=C1CCC(N2C(=O)Cc3[nH]c(C(F)(F)F)nc32)C(=O)N1. The number of rotatable bonds is 1. The van der Waals surface area contributed by atoms with Crippen LogP contribution in [0, 0.1) is 0 Å². The molecule has 2 N–H and O–H groups in total. The first-order valence-corrected chi connectivity index (χ1v) is 6.09. The Morgan fingerprint density at radius 3 is 2.57 bits per heavy atom. The average Bonchev–Trinajstić information content (AvgIpc) is 2.87. The number of carbonyl (C=O) groups is 3. The lowest BCUT2D eigenvalue weighted by atomic mass is 10.0. The highest BCUT2D eigenvalue weighted by Gasteiger charge is 2.44. The Kier molecular flexibility index (Phi) is 2.78. The van der Waals surface area contributed by atoms with E-state index in [4.69, 9.17) is 0 Å². The number of nitrogens with one attached hydrogen (secondary N) is 2. The Labute approximate surface area is 115 Å². The lowest BCUT2D eigenvalue weighted by Gasteiger charge is -2.28. The first kappa shape index (κ1) is 13.6. The Balaban J connectivity index is 1.95. The van der Waals surface area contributed by atoms with Crippen molar-refractivity contribution < 1.29 is 27.6 Å². The van der Waals surface area contributed by atoms with Crippen molar-refractivity contribution in [3.63, 3.8) is 0 Å². The predicted octanol–water partition coefficient (Wildman–Crippen LogP) is 0.123. The number of halogens is 3. The number of aromatic amines is 1. The molecule has 1 saturated heterocycles. The third-order valence-electron chi connectivity index (χ3n) is 3.37. The van der Waals surface area contributed by atoms with Crippen LogP contribution in [0.15, 0.2) is 0 Å². The van der Waals surface area contributed by atoms with Gasteiger partial charge in [0.2, 0.25) is 23.5 Å². The van der Waals surface area contributed by atoms with Crippen LogP contribution in [-0.2, 0) is 27.0 Å². The van der Waals surface area contributed by atoms with Crippen LogP contribution >= 0.6 is 0 Å². The van der Waals surface area contributed by atoms with Crippen LogP contribution in [0.25, 0.3) is 0 Å². The van der Waals surface area contributed by atoms with Gasteiger partial charge in [0.05, 0.1) is 12.1 Å². The molecule has 0 radical (unpaired) electrons. The van der Waals surface area contributed by atoms with Crippen LogP contribution in [0.3, 0.4) is 0 Å². The van der Waals surface area contributed by atoms with Gasteiger partial charge in [-0.2, -0.15) is 13.2 Å². The van der Waals surface area contributed by atoms with Crippen molar-refractivity contribution in [2.24, 2.45) is 0 Å². The summed E-state index contributed by atoms with van der Waals surface area (Å²) >= 11 is 0. The van der Waals surface area contributed by atoms with E-state index >= 15 is 0 Å². The molecule has 7 nitrogen and oxygen atoms in total. The molecular weight excluding hydrogens is 293 g/mol. The number of alkyl halides is 3. The summed E-state index contributed by atoms with van der Waals surface area (Å²) in [6, 6.07) is -1.01. The second-order valence-electron chi connectivity index (χ2n) is 4.79. The van der Waals surface area contributed by atoms with Gasteiger partial charge in [0, 0.05) is 6.42 Å². The number of amides is 3. The maximum atomic E-state index is 12.6. The molecule has 1 fully saturated rings. The number of anilines is 1. The molecule has 1 aromatic heterocycles. The topological polar surface area (TPSA) is 95.2 Å². The second kappa shape index (κ2) is 4.30. The molecule has 2 aliphatic rings. The maximum Gasteiger partial charge on any atom is 0.449 e. The molecule has 21 heavy (non-hydrogen) atoms. The number of H-pyrrole nitrogens is 1. The van der Waals surface area contributed by atoms with Crippen LogP contribution in [-0.4, -0.2) is 33.7 Å².